The first kappa shape index (κ1) is 24.5. The normalized spacial score (nSPS) is 15.1. The third kappa shape index (κ3) is 9.36. The lowest BCUT2D eigenvalue weighted by Crippen LogP contribution is -2.46. The molecule has 1 aliphatic heterocycles. The minimum Gasteiger partial charge on any atom is -0.493 e. The van der Waals surface area contributed by atoms with Crippen LogP contribution >= 0.6 is 0 Å². The molecule has 2 rings (SSSR count). The van der Waals surface area contributed by atoms with E-state index in [4.69, 9.17) is 14.7 Å². The molecule has 0 atom stereocenters. The summed E-state index contributed by atoms with van der Waals surface area (Å²) in [6, 6.07) is 8.57. The minimum absolute atomic E-state index is 0.623. The summed E-state index contributed by atoms with van der Waals surface area (Å²) < 4.78 is 11.6. The summed E-state index contributed by atoms with van der Waals surface area (Å²) in [5.74, 6) is 1.69. The smallest absolute Gasteiger partial charge is 0.161 e. The van der Waals surface area contributed by atoms with Crippen LogP contribution in [-0.2, 0) is 6.54 Å². The van der Waals surface area contributed by atoms with E-state index in [1.54, 1.807) is 7.11 Å². The van der Waals surface area contributed by atoms with Crippen molar-refractivity contribution in [2.75, 3.05) is 46.4 Å². The molecule has 0 aliphatic carbocycles. The third-order valence-corrected chi connectivity index (χ3v) is 5.89. The van der Waals surface area contributed by atoms with E-state index in [0.29, 0.717) is 6.42 Å². The first-order chi connectivity index (χ1) is 14.8. The summed E-state index contributed by atoms with van der Waals surface area (Å²) in [6.07, 6.45) is 11.1. The maximum atomic E-state index is 8.73. The summed E-state index contributed by atoms with van der Waals surface area (Å²) in [6.45, 7) is 9.02. The Morgan fingerprint density at radius 1 is 0.900 bits per heavy atom. The van der Waals surface area contributed by atoms with Crippen LogP contribution in [-0.4, -0.2) is 56.2 Å². The van der Waals surface area contributed by atoms with Gasteiger partial charge in [0.15, 0.2) is 11.5 Å². The number of rotatable bonds is 15. The molecule has 168 valence electrons. The van der Waals surface area contributed by atoms with Crippen molar-refractivity contribution in [1.82, 2.24) is 9.80 Å². The zero-order valence-electron chi connectivity index (χ0n) is 19.2. The summed E-state index contributed by atoms with van der Waals surface area (Å²) in [5, 5.41) is 8.73. The lowest BCUT2D eigenvalue weighted by molar-refractivity contribution is 0.129. The topological polar surface area (TPSA) is 48.7 Å². The van der Waals surface area contributed by atoms with Gasteiger partial charge in [-0.15, -0.1) is 0 Å². The summed E-state index contributed by atoms with van der Waals surface area (Å²) in [7, 11) is 1.72. The number of nitriles is 1. The summed E-state index contributed by atoms with van der Waals surface area (Å²) in [5.41, 5.74) is 1.26. The fraction of sp³-hybridized carbons (Fsp3) is 0.720. The second-order valence-corrected chi connectivity index (χ2v) is 8.33. The van der Waals surface area contributed by atoms with Crippen molar-refractivity contribution in [2.45, 2.75) is 71.3 Å². The van der Waals surface area contributed by atoms with E-state index in [9.17, 15) is 0 Å². The maximum Gasteiger partial charge on any atom is 0.161 e. The van der Waals surface area contributed by atoms with Crippen LogP contribution in [0, 0.1) is 11.3 Å². The largest absolute Gasteiger partial charge is 0.493 e. The Morgan fingerprint density at radius 3 is 2.23 bits per heavy atom. The maximum absolute atomic E-state index is 8.73. The lowest BCUT2D eigenvalue weighted by atomic mass is 10.1. The highest BCUT2D eigenvalue weighted by atomic mass is 16.5. The van der Waals surface area contributed by atoms with Gasteiger partial charge in [-0.1, -0.05) is 57.9 Å². The van der Waals surface area contributed by atoms with E-state index in [1.165, 1.54) is 50.5 Å². The van der Waals surface area contributed by atoms with Crippen LogP contribution in [0.3, 0.4) is 0 Å². The Bertz CT molecular complexity index is 621. The fourth-order valence-electron chi connectivity index (χ4n) is 3.98. The van der Waals surface area contributed by atoms with E-state index in [1.807, 2.05) is 0 Å². The number of piperazine rings is 1. The molecule has 1 heterocycles. The van der Waals surface area contributed by atoms with Crippen molar-refractivity contribution in [3.8, 4) is 17.6 Å². The molecular formula is C25H41N3O2. The minimum atomic E-state index is 0.623. The SMILES string of the molecule is CCCCCCCCCCOc1ccc(CN2CCN(CCC#N)CC2)cc1OC. The molecular weight excluding hydrogens is 374 g/mol. The first-order valence-corrected chi connectivity index (χ1v) is 11.9. The average Bonchev–Trinajstić information content (AvgIpc) is 2.78. The molecule has 5 nitrogen and oxygen atoms in total. The van der Waals surface area contributed by atoms with Gasteiger partial charge in [-0.3, -0.25) is 9.80 Å². The predicted octanol–water partition coefficient (Wildman–Crippen LogP) is 5.25. The van der Waals surface area contributed by atoms with E-state index in [-0.39, 0.29) is 0 Å². The van der Waals surface area contributed by atoms with Crippen molar-refractivity contribution in [3.63, 3.8) is 0 Å². The van der Waals surface area contributed by atoms with Crippen LogP contribution in [0.1, 0.15) is 70.3 Å². The molecule has 5 heteroatoms. The van der Waals surface area contributed by atoms with Crippen LogP contribution in [0.15, 0.2) is 18.2 Å². The molecule has 0 unspecified atom stereocenters. The lowest BCUT2D eigenvalue weighted by Gasteiger charge is -2.34. The van der Waals surface area contributed by atoms with Gasteiger partial charge < -0.3 is 9.47 Å². The van der Waals surface area contributed by atoms with Crippen molar-refractivity contribution < 1.29 is 9.47 Å². The van der Waals surface area contributed by atoms with Crippen LogP contribution in [0.4, 0.5) is 0 Å². The second kappa shape index (κ2) is 15.1. The van der Waals surface area contributed by atoms with Gasteiger partial charge in [0, 0.05) is 45.7 Å². The summed E-state index contributed by atoms with van der Waals surface area (Å²) in [4.78, 5) is 4.85. The first-order valence-electron chi connectivity index (χ1n) is 11.9. The quantitative estimate of drug-likeness (QED) is 0.366. The van der Waals surface area contributed by atoms with Gasteiger partial charge in [0.05, 0.1) is 19.8 Å². The number of hydrogen-bond donors (Lipinski definition) is 0. The van der Waals surface area contributed by atoms with E-state index < -0.39 is 0 Å². The van der Waals surface area contributed by atoms with Gasteiger partial charge >= 0.3 is 0 Å². The highest BCUT2D eigenvalue weighted by Gasteiger charge is 2.17. The van der Waals surface area contributed by atoms with Gasteiger partial charge in [-0.25, -0.2) is 0 Å². The van der Waals surface area contributed by atoms with Crippen LogP contribution in [0.25, 0.3) is 0 Å². The standard InChI is InChI=1S/C25H41N3O2/c1-3-4-5-6-7-8-9-10-20-30-24-13-12-23(21-25(24)29-2)22-28-18-16-27(17-19-28)15-11-14-26/h12-13,21H,3-11,15-20,22H2,1-2H3. The molecule has 0 spiro atoms. The number of nitrogens with zero attached hydrogens (tertiary/aromatic N) is 3. The van der Waals surface area contributed by atoms with E-state index >= 15 is 0 Å². The van der Waals surface area contributed by atoms with Crippen LogP contribution in [0.5, 0.6) is 11.5 Å². The average molecular weight is 416 g/mol. The number of benzene rings is 1. The molecule has 0 aromatic heterocycles. The molecule has 1 saturated heterocycles. The Hall–Kier alpha value is -1.77. The van der Waals surface area contributed by atoms with Gasteiger partial charge in [0.2, 0.25) is 0 Å². The molecule has 0 saturated carbocycles. The Morgan fingerprint density at radius 2 is 1.57 bits per heavy atom. The van der Waals surface area contributed by atoms with Gasteiger partial charge in [0.1, 0.15) is 0 Å². The zero-order valence-corrected chi connectivity index (χ0v) is 19.2. The molecule has 0 N–H and O–H groups in total. The number of ether oxygens (including phenoxy) is 2. The van der Waals surface area contributed by atoms with Crippen molar-refractivity contribution in [3.05, 3.63) is 23.8 Å². The third-order valence-electron chi connectivity index (χ3n) is 5.89. The van der Waals surface area contributed by atoms with E-state index in [0.717, 1.165) is 63.8 Å². The highest BCUT2D eigenvalue weighted by Crippen LogP contribution is 2.29. The second-order valence-electron chi connectivity index (χ2n) is 8.33. The van der Waals surface area contributed by atoms with Gasteiger partial charge in [0.25, 0.3) is 0 Å². The Kier molecular flexibility index (Phi) is 12.3. The highest BCUT2D eigenvalue weighted by molar-refractivity contribution is 5.43. The van der Waals surface area contributed by atoms with Crippen molar-refractivity contribution in [1.29, 1.82) is 5.26 Å². The molecule has 1 aromatic rings. The molecule has 0 bridgehead atoms. The molecule has 0 radical (unpaired) electrons. The Labute approximate surface area is 183 Å². The number of methoxy groups -OCH3 is 1. The molecule has 0 amide bonds. The predicted molar refractivity (Wildman–Crippen MR) is 123 cm³/mol. The van der Waals surface area contributed by atoms with Crippen LogP contribution in [0.2, 0.25) is 0 Å². The number of unbranched alkanes of at least 4 members (excludes halogenated alkanes) is 7. The van der Waals surface area contributed by atoms with Crippen molar-refractivity contribution in [2.24, 2.45) is 0 Å². The monoisotopic (exact) mass is 415 g/mol. The molecule has 30 heavy (non-hydrogen) atoms. The fourth-order valence-corrected chi connectivity index (χ4v) is 3.98. The van der Waals surface area contributed by atoms with Gasteiger partial charge in [-0.2, -0.15) is 5.26 Å². The summed E-state index contributed by atoms with van der Waals surface area (Å²) >= 11 is 0. The molecule has 1 aromatic carbocycles. The van der Waals surface area contributed by atoms with Crippen molar-refractivity contribution >= 4 is 0 Å². The molecule has 1 aliphatic rings. The van der Waals surface area contributed by atoms with E-state index in [2.05, 4.69) is 41.0 Å². The van der Waals surface area contributed by atoms with Crippen LogP contribution < -0.4 is 9.47 Å². The van der Waals surface area contributed by atoms with Gasteiger partial charge in [-0.05, 0) is 24.1 Å². The number of hydrogen-bond acceptors (Lipinski definition) is 5. The molecule has 1 fully saturated rings. The zero-order chi connectivity index (χ0) is 21.4. The Balaban J connectivity index is 1.67.